The van der Waals surface area contributed by atoms with E-state index >= 15 is 0 Å². The van der Waals surface area contributed by atoms with E-state index in [0.717, 1.165) is 33.5 Å². The summed E-state index contributed by atoms with van der Waals surface area (Å²) in [5, 5.41) is 3.52. The number of carbonyl (C=O) groups is 2. The van der Waals surface area contributed by atoms with Crippen LogP contribution in [0.1, 0.15) is 32.6 Å². The topological polar surface area (TPSA) is 68.3 Å². The van der Waals surface area contributed by atoms with Crippen LogP contribution in [0, 0.1) is 27.7 Å². The molecule has 0 radical (unpaired) electrons. The Morgan fingerprint density at radius 3 is 2.33 bits per heavy atom. The predicted molar refractivity (Wildman–Crippen MR) is 131 cm³/mol. The molecule has 4 aromatic rings. The lowest BCUT2D eigenvalue weighted by atomic mass is 9.97. The molecule has 1 heterocycles. The van der Waals surface area contributed by atoms with Crippen molar-refractivity contribution in [1.82, 2.24) is 4.98 Å². The van der Waals surface area contributed by atoms with Gasteiger partial charge in [-0.3, -0.25) is 4.79 Å². The Balaban J connectivity index is 1.62. The molecular formula is C28H26N2O3. The van der Waals surface area contributed by atoms with Crippen LogP contribution < -0.4 is 5.32 Å². The van der Waals surface area contributed by atoms with Crippen molar-refractivity contribution in [3.63, 3.8) is 0 Å². The molecule has 33 heavy (non-hydrogen) atoms. The average Bonchev–Trinajstić information content (AvgIpc) is 2.81. The van der Waals surface area contributed by atoms with E-state index in [1.54, 1.807) is 0 Å². The van der Waals surface area contributed by atoms with Crippen LogP contribution in [0.2, 0.25) is 0 Å². The monoisotopic (exact) mass is 438 g/mol. The zero-order chi connectivity index (χ0) is 23.5. The van der Waals surface area contributed by atoms with Crippen molar-refractivity contribution in [2.75, 3.05) is 11.9 Å². The molecule has 5 nitrogen and oxygen atoms in total. The number of benzene rings is 3. The minimum Gasteiger partial charge on any atom is -0.452 e. The van der Waals surface area contributed by atoms with Crippen LogP contribution in [-0.4, -0.2) is 23.5 Å². The smallest absolute Gasteiger partial charge is 0.339 e. The minimum atomic E-state index is -0.546. The van der Waals surface area contributed by atoms with Crippen molar-refractivity contribution >= 4 is 28.5 Å². The second kappa shape index (κ2) is 9.25. The standard InChI is InChI=1S/C28H26N2O3/c1-17-12-14-21(15-13-17)27-20(4)26(22-9-5-6-10-24(22)30-27)28(32)33-16-25(31)29-23-11-7-8-18(2)19(23)3/h5-15H,16H2,1-4H3,(H,29,31). The summed E-state index contributed by atoms with van der Waals surface area (Å²) in [4.78, 5) is 30.4. The number of rotatable bonds is 5. The number of amides is 1. The number of aryl methyl sites for hydroxylation is 2. The van der Waals surface area contributed by atoms with E-state index in [0.29, 0.717) is 22.2 Å². The molecule has 0 unspecified atom stereocenters. The number of carbonyl (C=O) groups excluding carboxylic acids is 2. The number of hydrogen-bond donors (Lipinski definition) is 1. The number of pyridine rings is 1. The van der Waals surface area contributed by atoms with E-state index in [4.69, 9.17) is 9.72 Å². The first-order valence-electron chi connectivity index (χ1n) is 10.8. The van der Waals surface area contributed by atoms with Crippen LogP contribution in [0.3, 0.4) is 0 Å². The molecule has 0 aliphatic rings. The molecule has 1 aromatic heterocycles. The van der Waals surface area contributed by atoms with Crippen molar-refractivity contribution in [3.05, 3.63) is 94.5 Å². The summed E-state index contributed by atoms with van der Waals surface area (Å²) in [6, 6.07) is 21.2. The Bertz CT molecular complexity index is 1360. The van der Waals surface area contributed by atoms with E-state index in [9.17, 15) is 9.59 Å². The van der Waals surface area contributed by atoms with E-state index in [2.05, 4.69) is 5.32 Å². The van der Waals surface area contributed by atoms with Crippen molar-refractivity contribution < 1.29 is 14.3 Å². The summed E-state index contributed by atoms with van der Waals surface area (Å²) in [6.07, 6.45) is 0. The summed E-state index contributed by atoms with van der Waals surface area (Å²) in [7, 11) is 0. The Hall–Kier alpha value is -3.99. The number of nitrogens with zero attached hydrogens (tertiary/aromatic N) is 1. The van der Waals surface area contributed by atoms with Gasteiger partial charge < -0.3 is 10.1 Å². The Morgan fingerprint density at radius 1 is 0.848 bits per heavy atom. The van der Waals surface area contributed by atoms with Crippen LogP contribution in [-0.2, 0) is 9.53 Å². The Labute approximate surface area is 193 Å². The fraction of sp³-hybridized carbons (Fsp3) is 0.179. The van der Waals surface area contributed by atoms with Crippen LogP contribution in [0.25, 0.3) is 22.2 Å². The van der Waals surface area contributed by atoms with E-state index in [1.807, 2.05) is 94.4 Å². The van der Waals surface area contributed by atoms with Gasteiger partial charge in [0.1, 0.15) is 0 Å². The van der Waals surface area contributed by atoms with Gasteiger partial charge in [-0.15, -0.1) is 0 Å². The second-order valence-electron chi connectivity index (χ2n) is 8.22. The van der Waals surface area contributed by atoms with Gasteiger partial charge in [-0.2, -0.15) is 0 Å². The molecule has 5 heteroatoms. The molecule has 1 N–H and O–H groups in total. The lowest BCUT2D eigenvalue weighted by molar-refractivity contribution is -0.119. The van der Waals surface area contributed by atoms with Crippen molar-refractivity contribution in [1.29, 1.82) is 0 Å². The molecule has 0 saturated carbocycles. The maximum absolute atomic E-state index is 13.2. The van der Waals surface area contributed by atoms with Gasteiger partial charge in [-0.05, 0) is 56.5 Å². The number of anilines is 1. The fourth-order valence-electron chi connectivity index (χ4n) is 3.84. The third-order valence-electron chi connectivity index (χ3n) is 5.88. The van der Waals surface area contributed by atoms with Crippen molar-refractivity contribution in [3.8, 4) is 11.3 Å². The number of para-hydroxylation sites is 1. The van der Waals surface area contributed by atoms with Gasteiger partial charge in [0, 0.05) is 16.6 Å². The lowest BCUT2D eigenvalue weighted by Crippen LogP contribution is -2.22. The number of nitrogens with one attached hydrogen (secondary N) is 1. The third kappa shape index (κ3) is 4.62. The Morgan fingerprint density at radius 2 is 1.58 bits per heavy atom. The van der Waals surface area contributed by atoms with E-state index in [1.165, 1.54) is 0 Å². The number of esters is 1. The van der Waals surface area contributed by atoms with Gasteiger partial charge >= 0.3 is 5.97 Å². The highest BCUT2D eigenvalue weighted by Crippen LogP contribution is 2.30. The number of fused-ring (bicyclic) bond motifs is 1. The molecular weight excluding hydrogens is 412 g/mol. The molecule has 0 spiro atoms. The van der Waals surface area contributed by atoms with E-state index < -0.39 is 5.97 Å². The van der Waals surface area contributed by atoms with Gasteiger partial charge in [0.15, 0.2) is 6.61 Å². The normalized spacial score (nSPS) is 10.8. The summed E-state index contributed by atoms with van der Waals surface area (Å²) >= 11 is 0. The predicted octanol–water partition coefficient (Wildman–Crippen LogP) is 5.93. The first-order chi connectivity index (χ1) is 15.8. The molecule has 166 valence electrons. The minimum absolute atomic E-state index is 0.373. The SMILES string of the molecule is Cc1ccc(-c2nc3ccccc3c(C(=O)OCC(=O)Nc3cccc(C)c3C)c2C)cc1. The zero-order valence-corrected chi connectivity index (χ0v) is 19.2. The summed E-state index contributed by atoms with van der Waals surface area (Å²) in [5.41, 5.74) is 7.41. The van der Waals surface area contributed by atoms with Crippen LogP contribution in [0.5, 0.6) is 0 Å². The molecule has 0 saturated heterocycles. The molecule has 0 fully saturated rings. The van der Waals surface area contributed by atoms with Gasteiger partial charge in [-0.1, -0.05) is 60.2 Å². The summed E-state index contributed by atoms with van der Waals surface area (Å²) in [6.45, 7) is 7.43. The van der Waals surface area contributed by atoms with Gasteiger partial charge in [0.2, 0.25) is 0 Å². The van der Waals surface area contributed by atoms with Gasteiger partial charge in [-0.25, -0.2) is 9.78 Å². The number of aromatic nitrogens is 1. The van der Waals surface area contributed by atoms with Gasteiger partial charge in [0.05, 0.1) is 16.8 Å². The molecule has 0 bridgehead atoms. The van der Waals surface area contributed by atoms with Crippen molar-refractivity contribution in [2.24, 2.45) is 0 Å². The maximum Gasteiger partial charge on any atom is 0.339 e. The first-order valence-corrected chi connectivity index (χ1v) is 10.8. The molecule has 0 aliphatic carbocycles. The van der Waals surface area contributed by atoms with E-state index in [-0.39, 0.29) is 12.5 Å². The molecule has 0 atom stereocenters. The van der Waals surface area contributed by atoms with Crippen LogP contribution >= 0.6 is 0 Å². The number of ether oxygens (including phenoxy) is 1. The molecule has 4 rings (SSSR count). The van der Waals surface area contributed by atoms with Gasteiger partial charge in [0.25, 0.3) is 5.91 Å². The van der Waals surface area contributed by atoms with Crippen LogP contribution in [0.4, 0.5) is 5.69 Å². The lowest BCUT2D eigenvalue weighted by Gasteiger charge is -2.15. The third-order valence-corrected chi connectivity index (χ3v) is 5.88. The summed E-state index contributed by atoms with van der Waals surface area (Å²) in [5.74, 6) is -0.928. The highest BCUT2D eigenvalue weighted by Gasteiger charge is 2.21. The van der Waals surface area contributed by atoms with Crippen LogP contribution in [0.15, 0.2) is 66.7 Å². The molecule has 1 amide bonds. The zero-order valence-electron chi connectivity index (χ0n) is 19.2. The summed E-state index contributed by atoms with van der Waals surface area (Å²) < 4.78 is 5.45. The second-order valence-corrected chi connectivity index (χ2v) is 8.22. The molecule has 0 aliphatic heterocycles. The number of hydrogen-bond acceptors (Lipinski definition) is 4. The molecule has 3 aromatic carbocycles. The quantitative estimate of drug-likeness (QED) is 0.392. The Kier molecular flexibility index (Phi) is 6.22. The fourth-order valence-corrected chi connectivity index (χ4v) is 3.84. The first kappa shape index (κ1) is 22.2. The average molecular weight is 439 g/mol. The highest BCUT2D eigenvalue weighted by atomic mass is 16.5. The largest absolute Gasteiger partial charge is 0.452 e. The van der Waals surface area contributed by atoms with Crippen molar-refractivity contribution in [2.45, 2.75) is 27.7 Å². The highest BCUT2D eigenvalue weighted by molar-refractivity contribution is 6.07. The maximum atomic E-state index is 13.2.